The number of rotatable bonds is 5. The second-order valence-electron chi connectivity index (χ2n) is 6.43. The number of halogens is 1. The van der Waals surface area contributed by atoms with Gasteiger partial charge in [0, 0.05) is 11.3 Å². The minimum atomic E-state index is -0.209. The normalized spacial score (nSPS) is 15.9. The molecule has 1 aromatic carbocycles. The van der Waals surface area contributed by atoms with Gasteiger partial charge in [0.25, 0.3) is 0 Å². The number of hydrogen-bond acceptors (Lipinski definition) is 4. The summed E-state index contributed by atoms with van der Waals surface area (Å²) in [6.07, 6.45) is 1.47. The minimum absolute atomic E-state index is 0.102. The Hall–Kier alpha value is -2.28. The third-order valence-corrected chi connectivity index (χ3v) is 5.00. The molecule has 1 unspecified atom stereocenters. The molecule has 0 aliphatic heterocycles. The molecule has 3 rings (SSSR count). The summed E-state index contributed by atoms with van der Waals surface area (Å²) >= 11 is 1.30. The van der Waals surface area contributed by atoms with Crippen molar-refractivity contribution in [1.29, 1.82) is 0 Å². The van der Waals surface area contributed by atoms with E-state index in [1.807, 2.05) is 6.07 Å². The Morgan fingerprint density at radius 3 is 2.96 bits per heavy atom. The topological polar surface area (TPSA) is 71.1 Å². The zero-order chi connectivity index (χ0) is 18.0. The number of nitrogens with one attached hydrogen (secondary N) is 2. The maximum Gasteiger partial charge on any atom is 0.228 e. The van der Waals surface area contributed by atoms with Crippen molar-refractivity contribution < 1.29 is 14.0 Å². The first-order chi connectivity index (χ1) is 11.9. The fraction of sp³-hybridized carbons (Fsp3) is 0.389. The van der Waals surface area contributed by atoms with Gasteiger partial charge in [-0.25, -0.2) is 9.37 Å². The number of nitrogens with zero attached hydrogens (tertiary/aromatic N) is 1. The number of benzene rings is 1. The molecular weight excluding hydrogens is 341 g/mol. The Kier molecular flexibility index (Phi) is 5.13. The molecule has 0 bridgehead atoms. The van der Waals surface area contributed by atoms with Gasteiger partial charge >= 0.3 is 0 Å². The lowest BCUT2D eigenvalue weighted by Gasteiger charge is -2.13. The van der Waals surface area contributed by atoms with Crippen LogP contribution in [0.15, 0.2) is 23.6 Å². The summed E-state index contributed by atoms with van der Waals surface area (Å²) in [6.45, 7) is 3.61. The molecule has 2 aromatic rings. The highest BCUT2D eigenvalue weighted by molar-refractivity contribution is 7.13. The van der Waals surface area contributed by atoms with E-state index in [0.29, 0.717) is 29.2 Å². The zero-order valence-corrected chi connectivity index (χ0v) is 15.0. The second kappa shape index (κ2) is 7.31. The minimum Gasteiger partial charge on any atom is -0.349 e. The Morgan fingerprint density at radius 1 is 1.40 bits per heavy atom. The number of carbonyl (C=O) groups is 2. The van der Waals surface area contributed by atoms with E-state index in [1.165, 1.54) is 17.4 Å². The van der Waals surface area contributed by atoms with Crippen molar-refractivity contribution in [1.82, 2.24) is 10.3 Å². The van der Waals surface area contributed by atoms with E-state index in [4.69, 9.17) is 0 Å². The van der Waals surface area contributed by atoms with Crippen molar-refractivity contribution in [2.45, 2.75) is 39.2 Å². The Balaban J connectivity index is 1.59. The highest BCUT2D eigenvalue weighted by atomic mass is 32.1. The van der Waals surface area contributed by atoms with E-state index in [0.717, 1.165) is 5.56 Å². The van der Waals surface area contributed by atoms with E-state index in [2.05, 4.69) is 15.6 Å². The number of thiazole rings is 1. The molecule has 0 radical (unpaired) electrons. The summed E-state index contributed by atoms with van der Waals surface area (Å²) in [5.41, 5.74) is 2.16. The van der Waals surface area contributed by atoms with Crippen LogP contribution < -0.4 is 10.6 Å². The molecule has 5 nitrogen and oxygen atoms in total. The molecule has 1 aliphatic carbocycles. The van der Waals surface area contributed by atoms with Gasteiger partial charge in [-0.05, 0) is 30.0 Å². The summed E-state index contributed by atoms with van der Waals surface area (Å²) in [4.78, 5) is 28.2. The van der Waals surface area contributed by atoms with Crippen LogP contribution in [0.1, 0.15) is 43.1 Å². The summed E-state index contributed by atoms with van der Waals surface area (Å²) < 4.78 is 13.8. The van der Waals surface area contributed by atoms with Crippen LogP contribution in [0.4, 0.5) is 9.52 Å². The molecule has 132 valence electrons. The first kappa shape index (κ1) is 17.5. The summed E-state index contributed by atoms with van der Waals surface area (Å²) in [6, 6.07) is 4.82. The van der Waals surface area contributed by atoms with Gasteiger partial charge in [0.2, 0.25) is 11.8 Å². The Bertz CT molecular complexity index is 803. The smallest absolute Gasteiger partial charge is 0.228 e. The van der Waals surface area contributed by atoms with Crippen molar-refractivity contribution >= 4 is 28.3 Å². The van der Waals surface area contributed by atoms with Gasteiger partial charge < -0.3 is 10.6 Å². The Labute approximate surface area is 149 Å². The largest absolute Gasteiger partial charge is 0.349 e. The molecular formula is C18H20FN3O2S. The third-order valence-electron chi connectivity index (χ3n) is 4.20. The van der Waals surface area contributed by atoms with E-state index < -0.39 is 0 Å². The monoisotopic (exact) mass is 361 g/mol. The molecule has 7 heteroatoms. The van der Waals surface area contributed by atoms with Gasteiger partial charge in [-0.1, -0.05) is 26.0 Å². The van der Waals surface area contributed by atoms with Gasteiger partial charge in [0.1, 0.15) is 5.82 Å². The standard InChI is InChI=1S/C18H20FN3O2S/c1-10(2)17(24)22-18-20-11(9-25-18)8-16(23)21-15-7-6-12-13(15)4-3-5-14(12)19/h3-5,9-10,15H,6-8H2,1-2H3,(H,21,23)(H,20,22,24). The summed E-state index contributed by atoms with van der Waals surface area (Å²) in [5.74, 6) is -0.596. The van der Waals surface area contributed by atoms with Gasteiger partial charge in [-0.2, -0.15) is 0 Å². The lowest BCUT2D eigenvalue weighted by Crippen LogP contribution is -2.28. The van der Waals surface area contributed by atoms with Crippen molar-refractivity contribution in [2.75, 3.05) is 5.32 Å². The second-order valence-corrected chi connectivity index (χ2v) is 7.29. The average molecular weight is 361 g/mol. The number of fused-ring (bicyclic) bond motifs is 1. The fourth-order valence-corrected chi connectivity index (χ4v) is 3.58. The highest BCUT2D eigenvalue weighted by Crippen LogP contribution is 2.32. The van der Waals surface area contributed by atoms with E-state index in [9.17, 15) is 14.0 Å². The number of amides is 2. The molecule has 1 atom stereocenters. The molecule has 0 fully saturated rings. The van der Waals surface area contributed by atoms with Gasteiger partial charge in [0.15, 0.2) is 5.13 Å². The van der Waals surface area contributed by atoms with Crippen LogP contribution in [0.2, 0.25) is 0 Å². The van der Waals surface area contributed by atoms with Crippen molar-refractivity contribution in [3.63, 3.8) is 0 Å². The predicted molar refractivity (Wildman–Crippen MR) is 94.9 cm³/mol. The first-order valence-corrected chi connectivity index (χ1v) is 9.14. The van der Waals surface area contributed by atoms with Crippen LogP contribution >= 0.6 is 11.3 Å². The van der Waals surface area contributed by atoms with Crippen molar-refractivity contribution in [3.05, 3.63) is 46.2 Å². The van der Waals surface area contributed by atoms with Crippen LogP contribution in [-0.4, -0.2) is 16.8 Å². The summed E-state index contributed by atoms with van der Waals surface area (Å²) in [5, 5.41) is 7.93. The zero-order valence-electron chi connectivity index (χ0n) is 14.1. The molecule has 0 saturated carbocycles. The number of carbonyl (C=O) groups excluding carboxylic acids is 2. The fourth-order valence-electron chi connectivity index (χ4n) is 2.86. The molecule has 0 saturated heterocycles. The maximum absolute atomic E-state index is 13.8. The molecule has 0 spiro atoms. The van der Waals surface area contributed by atoms with E-state index in [-0.39, 0.29) is 36.0 Å². The molecule has 1 aromatic heterocycles. The average Bonchev–Trinajstić information content (AvgIpc) is 3.15. The van der Waals surface area contributed by atoms with Crippen LogP contribution in [-0.2, 0) is 22.4 Å². The highest BCUT2D eigenvalue weighted by Gasteiger charge is 2.26. The van der Waals surface area contributed by atoms with Gasteiger partial charge in [-0.15, -0.1) is 11.3 Å². The van der Waals surface area contributed by atoms with Gasteiger partial charge in [0.05, 0.1) is 18.2 Å². The maximum atomic E-state index is 13.8. The van der Waals surface area contributed by atoms with Crippen LogP contribution in [0.25, 0.3) is 0 Å². The first-order valence-electron chi connectivity index (χ1n) is 8.26. The number of aromatic nitrogens is 1. The molecule has 25 heavy (non-hydrogen) atoms. The third kappa shape index (κ3) is 4.04. The molecule has 2 amide bonds. The molecule has 1 heterocycles. The predicted octanol–water partition coefficient (Wildman–Crippen LogP) is 3.22. The lowest BCUT2D eigenvalue weighted by atomic mass is 10.1. The number of hydrogen-bond donors (Lipinski definition) is 2. The van der Waals surface area contributed by atoms with Crippen molar-refractivity contribution in [3.8, 4) is 0 Å². The van der Waals surface area contributed by atoms with Crippen molar-refractivity contribution in [2.24, 2.45) is 5.92 Å². The van der Waals surface area contributed by atoms with Gasteiger partial charge in [-0.3, -0.25) is 9.59 Å². The van der Waals surface area contributed by atoms with E-state index in [1.54, 1.807) is 25.3 Å². The summed E-state index contributed by atoms with van der Waals surface area (Å²) in [7, 11) is 0. The quantitative estimate of drug-likeness (QED) is 0.859. The van der Waals surface area contributed by atoms with Crippen LogP contribution in [0.3, 0.4) is 0 Å². The van der Waals surface area contributed by atoms with E-state index >= 15 is 0 Å². The lowest BCUT2D eigenvalue weighted by molar-refractivity contribution is -0.121. The molecule has 2 N–H and O–H groups in total. The van der Waals surface area contributed by atoms with Crippen LogP contribution in [0, 0.1) is 11.7 Å². The number of anilines is 1. The Morgan fingerprint density at radius 2 is 2.20 bits per heavy atom. The SMILES string of the molecule is CC(C)C(=O)Nc1nc(CC(=O)NC2CCc3c(F)cccc32)cs1. The molecule has 1 aliphatic rings. The van der Waals surface area contributed by atoms with Crippen LogP contribution in [0.5, 0.6) is 0 Å².